The molecule has 0 aliphatic carbocycles. The highest BCUT2D eigenvalue weighted by molar-refractivity contribution is 6.10. The van der Waals surface area contributed by atoms with Crippen molar-refractivity contribution in [2.24, 2.45) is 0 Å². The van der Waals surface area contributed by atoms with E-state index in [-0.39, 0.29) is 0 Å². The van der Waals surface area contributed by atoms with Crippen molar-refractivity contribution in [2.45, 2.75) is 0 Å². The fourth-order valence-electron chi connectivity index (χ4n) is 4.86. The molecular formula is C29H18N2O. The van der Waals surface area contributed by atoms with Gasteiger partial charge >= 0.3 is 0 Å². The number of benzene rings is 4. The molecule has 0 unspecified atom stereocenters. The molecule has 0 spiro atoms. The van der Waals surface area contributed by atoms with Crippen molar-refractivity contribution in [3.8, 4) is 16.8 Å². The van der Waals surface area contributed by atoms with Crippen LogP contribution in [0, 0.1) is 0 Å². The zero-order chi connectivity index (χ0) is 21.1. The number of pyridine rings is 1. The topological polar surface area (TPSA) is 31.0 Å². The van der Waals surface area contributed by atoms with Crippen molar-refractivity contribution >= 4 is 43.9 Å². The third kappa shape index (κ3) is 2.39. The summed E-state index contributed by atoms with van der Waals surface area (Å²) in [5.41, 5.74) is 8.33. The number of hydrogen-bond donors (Lipinski definition) is 0. The molecule has 0 aliphatic heterocycles. The van der Waals surface area contributed by atoms with Crippen LogP contribution in [0.5, 0.6) is 0 Å². The Morgan fingerprint density at radius 1 is 0.625 bits per heavy atom. The number of hydrogen-bond acceptors (Lipinski definition) is 2. The highest BCUT2D eigenvalue weighted by Crippen LogP contribution is 2.37. The second kappa shape index (κ2) is 6.56. The van der Waals surface area contributed by atoms with Crippen LogP contribution in [-0.2, 0) is 0 Å². The van der Waals surface area contributed by atoms with E-state index >= 15 is 0 Å². The Hall–Kier alpha value is -4.37. The van der Waals surface area contributed by atoms with Crippen LogP contribution >= 0.6 is 0 Å². The molecule has 7 aromatic rings. The monoisotopic (exact) mass is 410 g/mol. The maximum atomic E-state index is 6.24. The summed E-state index contributed by atoms with van der Waals surface area (Å²) in [5, 5.41) is 3.57. The first kappa shape index (κ1) is 17.3. The van der Waals surface area contributed by atoms with Gasteiger partial charge in [-0.3, -0.25) is 4.98 Å². The molecule has 32 heavy (non-hydrogen) atoms. The van der Waals surface area contributed by atoms with Crippen molar-refractivity contribution in [2.75, 3.05) is 0 Å². The van der Waals surface area contributed by atoms with Crippen LogP contribution in [0.3, 0.4) is 0 Å². The van der Waals surface area contributed by atoms with E-state index < -0.39 is 0 Å². The van der Waals surface area contributed by atoms with Crippen molar-refractivity contribution in [3.63, 3.8) is 0 Å². The van der Waals surface area contributed by atoms with Crippen molar-refractivity contribution in [1.82, 2.24) is 9.55 Å². The van der Waals surface area contributed by atoms with Crippen LogP contribution < -0.4 is 0 Å². The number of furan rings is 1. The van der Waals surface area contributed by atoms with E-state index in [0.29, 0.717) is 0 Å². The molecule has 0 saturated heterocycles. The highest BCUT2D eigenvalue weighted by atomic mass is 16.3. The molecule has 3 heteroatoms. The number of nitrogens with zero attached hydrogens (tertiary/aromatic N) is 2. The third-order valence-corrected chi connectivity index (χ3v) is 6.25. The van der Waals surface area contributed by atoms with E-state index in [4.69, 9.17) is 4.42 Å². The molecule has 3 nitrogen and oxygen atoms in total. The Bertz CT molecular complexity index is 1730. The van der Waals surface area contributed by atoms with E-state index in [9.17, 15) is 0 Å². The SMILES string of the molecule is c1cc(-c2cccc3c2oc2cccnc23)cc(-n2c3ccccc3c3ccccc32)c1. The molecule has 0 aliphatic rings. The molecule has 3 heterocycles. The summed E-state index contributed by atoms with van der Waals surface area (Å²) >= 11 is 0. The molecule has 0 bridgehead atoms. The van der Waals surface area contributed by atoms with Gasteiger partial charge in [0, 0.05) is 33.6 Å². The van der Waals surface area contributed by atoms with Crippen LogP contribution in [0.2, 0.25) is 0 Å². The Morgan fingerprint density at radius 3 is 2.16 bits per heavy atom. The molecule has 4 aromatic carbocycles. The van der Waals surface area contributed by atoms with Gasteiger partial charge in [0.2, 0.25) is 0 Å². The molecule has 0 amide bonds. The zero-order valence-corrected chi connectivity index (χ0v) is 17.2. The molecule has 0 saturated carbocycles. The minimum atomic E-state index is 0.813. The molecular weight excluding hydrogens is 392 g/mol. The smallest absolute Gasteiger partial charge is 0.153 e. The minimum Gasteiger partial charge on any atom is -0.454 e. The van der Waals surface area contributed by atoms with E-state index in [1.54, 1.807) is 0 Å². The van der Waals surface area contributed by atoms with Crippen molar-refractivity contribution in [1.29, 1.82) is 0 Å². The maximum Gasteiger partial charge on any atom is 0.153 e. The van der Waals surface area contributed by atoms with Crippen LogP contribution in [0.1, 0.15) is 0 Å². The fraction of sp³-hybridized carbons (Fsp3) is 0. The van der Waals surface area contributed by atoms with Crippen molar-refractivity contribution < 1.29 is 4.42 Å². The van der Waals surface area contributed by atoms with Crippen LogP contribution in [0.15, 0.2) is 114 Å². The van der Waals surface area contributed by atoms with Gasteiger partial charge in [0.05, 0.1) is 11.0 Å². The van der Waals surface area contributed by atoms with Crippen molar-refractivity contribution in [3.05, 3.63) is 109 Å². The first-order valence-corrected chi connectivity index (χ1v) is 10.7. The molecule has 0 fully saturated rings. The average Bonchev–Trinajstić information content (AvgIpc) is 3.40. The second-order valence-corrected chi connectivity index (χ2v) is 8.05. The lowest BCUT2D eigenvalue weighted by molar-refractivity contribution is 0.669. The van der Waals surface area contributed by atoms with Gasteiger partial charge < -0.3 is 8.98 Å². The number of rotatable bonds is 2. The average molecular weight is 410 g/mol. The van der Waals surface area contributed by atoms with Gasteiger partial charge in [0.15, 0.2) is 5.58 Å². The Labute approximate surface area is 184 Å². The van der Waals surface area contributed by atoms with Gasteiger partial charge in [0.25, 0.3) is 0 Å². The lowest BCUT2D eigenvalue weighted by atomic mass is 10.0. The Balaban J connectivity index is 1.50. The molecule has 0 atom stereocenters. The maximum absolute atomic E-state index is 6.24. The minimum absolute atomic E-state index is 0.813. The Kier molecular flexibility index (Phi) is 3.55. The van der Waals surface area contributed by atoms with Crippen LogP contribution in [-0.4, -0.2) is 9.55 Å². The molecule has 0 N–H and O–H groups in total. The molecule has 150 valence electrons. The first-order chi connectivity index (χ1) is 15.9. The fourth-order valence-corrected chi connectivity index (χ4v) is 4.86. The van der Waals surface area contributed by atoms with E-state index in [2.05, 4.69) is 101 Å². The van der Waals surface area contributed by atoms with E-state index in [1.165, 1.54) is 21.8 Å². The summed E-state index contributed by atoms with van der Waals surface area (Å²) in [6.07, 6.45) is 1.81. The van der Waals surface area contributed by atoms with Crippen LogP contribution in [0.4, 0.5) is 0 Å². The lowest BCUT2D eigenvalue weighted by Gasteiger charge is -2.10. The number of aromatic nitrogens is 2. The summed E-state index contributed by atoms with van der Waals surface area (Å²) in [6.45, 7) is 0. The normalized spacial score (nSPS) is 11.8. The van der Waals surface area contributed by atoms with Gasteiger partial charge in [-0.25, -0.2) is 0 Å². The third-order valence-electron chi connectivity index (χ3n) is 6.25. The van der Waals surface area contributed by atoms with Gasteiger partial charge in [-0.2, -0.15) is 0 Å². The van der Waals surface area contributed by atoms with E-state index in [1.807, 2.05) is 18.3 Å². The van der Waals surface area contributed by atoms with Gasteiger partial charge in [-0.15, -0.1) is 0 Å². The summed E-state index contributed by atoms with van der Waals surface area (Å²) in [5.74, 6) is 0. The Morgan fingerprint density at radius 2 is 1.34 bits per heavy atom. The number of fused-ring (bicyclic) bond motifs is 6. The zero-order valence-electron chi connectivity index (χ0n) is 17.2. The van der Waals surface area contributed by atoms with Gasteiger partial charge in [0.1, 0.15) is 11.1 Å². The molecule has 7 rings (SSSR count). The summed E-state index contributed by atoms with van der Waals surface area (Å²) in [7, 11) is 0. The predicted molar refractivity (Wildman–Crippen MR) is 131 cm³/mol. The summed E-state index contributed by atoms with van der Waals surface area (Å²) in [4.78, 5) is 4.53. The van der Waals surface area contributed by atoms with E-state index in [0.717, 1.165) is 38.9 Å². The highest BCUT2D eigenvalue weighted by Gasteiger charge is 2.15. The van der Waals surface area contributed by atoms with Gasteiger partial charge in [-0.05, 0) is 48.0 Å². The first-order valence-electron chi connectivity index (χ1n) is 10.7. The predicted octanol–water partition coefficient (Wildman–Crippen LogP) is 7.75. The molecule has 3 aromatic heterocycles. The largest absolute Gasteiger partial charge is 0.454 e. The van der Waals surface area contributed by atoms with Crippen LogP contribution in [0.25, 0.3) is 60.7 Å². The van der Waals surface area contributed by atoms with Gasteiger partial charge in [-0.1, -0.05) is 60.7 Å². The second-order valence-electron chi connectivity index (χ2n) is 8.05. The number of para-hydroxylation sites is 3. The molecule has 0 radical (unpaired) electrons. The summed E-state index contributed by atoms with van der Waals surface area (Å²) < 4.78 is 8.58. The summed E-state index contributed by atoms with van der Waals surface area (Å²) in [6, 6.07) is 36.0. The standard InChI is InChI=1S/C29H18N2O/c1-3-14-25-22(10-1)23-11-2-4-15-26(23)31(25)20-9-5-8-19(18-20)21-12-6-13-24-28-27(32-29(21)24)16-7-17-30-28/h1-18H. The quantitative estimate of drug-likeness (QED) is 0.292. The lowest BCUT2D eigenvalue weighted by Crippen LogP contribution is -1.94.